The molecule has 0 bridgehead atoms. The second-order valence-corrected chi connectivity index (χ2v) is 10.1. The SMILES string of the molecule is Cc1cccc(C)c1-c1ccc(-c2cc3cnc(-c4cccc(-c5ccccc5)c4)cc3s2)cc1. The van der Waals surface area contributed by atoms with Crippen LogP contribution in [-0.2, 0) is 0 Å². The molecule has 4 aromatic carbocycles. The maximum absolute atomic E-state index is 4.80. The minimum atomic E-state index is 1.01. The summed E-state index contributed by atoms with van der Waals surface area (Å²) in [5.41, 5.74) is 11.1. The molecule has 0 saturated carbocycles. The van der Waals surface area contributed by atoms with Crippen molar-refractivity contribution in [3.63, 3.8) is 0 Å². The van der Waals surface area contributed by atoms with E-state index in [9.17, 15) is 0 Å². The Hall–Kier alpha value is -4.01. The fourth-order valence-electron chi connectivity index (χ4n) is 4.79. The number of thiophene rings is 1. The van der Waals surface area contributed by atoms with Crippen LogP contribution in [0.3, 0.4) is 0 Å². The summed E-state index contributed by atoms with van der Waals surface area (Å²) < 4.78 is 1.26. The molecule has 1 nitrogen and oxygen atoms in total. The molecule has 0 fully saturated rings. The molecule has 0 unspecified atom stereocenters. The quantitative estimate of drug-likeness (QED) is 0.251. The Morgan fingerprint density at radius 3 is 1.97 bits per heavy atom. The highest BCUT2D eigenvalue weighted by Gasteiger charge is 2.10. The maximum Gasteiger partial charge on any atom is 0.0716 e. The Kier molecular flexibility index (Phi) is 5.52. The highest BCUT2D eigenvalue weighted by atomic mass is 32.1. The first-order valence-corrected chi connectivity index (χ1v) is 12.7. The lowest BCUT2D eigenvalue weighted by Gasteiger charge is -2.10. The second kappa shape index (κ2) is 8.98. The van der Waals surface area contributed by atoms with Crippen LogP contribution >= 0.6 is 11.3 Å². The Morgan fingerprint density at radius 2 is 1.20 bits per heavy atom. The van der Waals surface area contributed by atoms with Gasteiger partial charge in [-0.25, -0.2) is 0 Å². The smallest absolute Gasteiger partial charge is 0.0716 e. The third-order valence-electron chi connectivity index (χ3n) is 6.61. The number of fused-ring (bicyclic) bond motifs is 1. The van der Waals surface area contributed by atoms with Crippen LogP contribution in [0.25, 0.3) is 54.0 Å². The molecule has 2 aromatic heterocycles. The van der Waals surface area contributed by atoms with Crippen LogP contribution in [0.15, 0.2) is 115 Å². The summed E-state index contributed by atoms with van der Waals surface area (Å²) in [4.78, 5) is 6.07. The van der Waals surface area contributed by atoms with Gasteiger partial charge in [-0.2, -0.15) is 0 Å². The second-order valence-electron chi connectivity index (χ2n) is 9.01. The molecule has 0 amide bonds. The molecular formula is C33H25NS. The summed E-state index contributed by atoms with van der Waals surface area (Å²) in [6.45, 7) is 4.37. The summed E-state index contributed by atoms with van der Waals surface area (Å²) in [5, 5.41) is 1.19. The van der Waals surface area contributed by atoms with Crippen molar-refractivity contribution >= 4 is 21.4 Å². The van der Waals surface area contributed by atoms with Crippen LogP contribution in [0.4, 0.5) is 0 Å². The van der Waals surface area contributed by atoms with Crippen molar-refractivity contribution in [1.82, 2.24) is 4.98 Å². The van der Waals surface area contributed by atoms with Gasteiger partial charge in [0, 0.05) is 26.7 Å². The van der Waals surface area contributed by atoms with Crippen molar-refractivity contribution in [2.45, 2.75) is 13.8 Å². The van der Waals surface area contributed by atoms with Gasteiger partial charge in [0.15, 0.2) is 0 Å². The Morgan fingerprint density at radius 1 is 0.543 bits per heavy atom. The van der Waals surface area contributed by atoms with Crippen molar-refractivity contribution in [1.29, 1.82) is 0 Å². The summed E-state index contributed by atoms with van der Waals surface area (Å²) in [5.74, 6) is 0. The average Bonchev–Trinajstić information content (AvgIpc) is 3.33. The number of hydrogen-bond acceptors (Lipinski definition) is 2. The van der Waals surface area contributed by atoms with Crippen LogP contribution in [0.5, 0.6) is 0 Å². The first-order chi connectivity index (χ1) is 17.2. The zero-order chi connectivity index (χ0) is 23.8. The van der Waals surface area contributed by atoms with E-state index in [0.29, 0.717) is 0 Å². The molecule has 2 heterocycles. The van der Waals surface area contributed by atoms with E-state index >= 15 is 0 Å². The summed E-state index contributed by atoms with van der Waals surface area (Å²) in [6.07, 6.45) is 2.00. The zero-order valence-electron chi connectivity index (χ0n) is 19.8. The number of pyridine rings is 1. The highest BCUT2D eigenvalue weighted by Crippen LogP contribution is 2.37. The largest absolute Gasteiger partial charge is 0.256 e. The fourth-order valence-corrected chi connectivity index (χ4v) is 5.87. The number of rotatable bonds is 4. The standard InChI is InChI=1S/C33H25NS/c1-22-8-6-9-23(2)33(22)26-16-14-25(15-17-26)31-19-29-21-34-30(20-32(29)35-31)28-13-7-12-27(18-28)24-10-4-3-5-11-24/h3-21H,1-2H3. The lowest BCUT2D eigenvalue weighted by molar-refractivity contribution is 1.36. The number of aryl methyl sites for hydroxylation is 2. The molecule has 6 aromatic rings. The number of benzene rings is 4. The predicted molar refractivity (Wildman–Crippen MR) is 151 cm³/mol. The molecular weight excluding hydrogens is 442 g/mol. The maximum atomic E-state index is 4.80. The Bertz CT molecular complexity index is 1620. The van der Waals surface area contributed by atoms with E-state index in [0.717, 1.165) is 11.3 Å². The Balaban J connectivity index is 1.33. The van der Waals surface area contributed by atoms with Crippen molar-refractivity contribution in [2.75, 3.05) is 0 Å². The molecule has 2 heteroatoms. The first-order valence-electron chi connectivity index (χ1n) is 11.9. The topological polar surface area (TPSA) is 12.9 Å². The van der Waals surface area contributed by atoms with Crippen molar-refractivity contribution in [2.24, 2.45) is 0 Å². The summed E-state index contributed by atoms with van der Waals surface area (Å²) in [6, 6.07) is 39.1. The third kappa shape index (κ3) is 4.18. The van der Waals surface area contributed by atoms with E-state index in [2.05, 4.69) is 123 Å². The van der Waals surface area contributed by atoms with Crippen molar-refractivity contribution in [3.05, 3.63) is 127 Å². The molecule has 35 heavy (non-hydrogen) atoms. The molecule has 0 atom stereocenters. The first kappa shape index (κ1) is 21.5. The van der Waals surface area contributed by atoms with E-state index in [1.807, 2.05) is 17.5 Å². The fraction of sp³-hybridized carbons (Fsp3) is 0.0606. The van der Waals surface area contributed by atoms with Crippen LogP contribution in [0, 0.1) is 13.8 Å². The molecule has 6 rings (SSSR count). The van der Waals surface area contributed by atoms with Crippen LogP contribution < -0.4 is 0 Å². The number of aromatic nitrogens is 1. The highest BCUT2D eigenvalue weighted by molar-refractivity contribution is 7.22. The van der Waals surface area contributed by atoms with Gasteiger partial charge >= 0.3 is 0 Å². The number of hydrogen-bond donors (Lipinski definition) is 0. The normalized spacial score (nSPS) is 11.1. The van der Waals surface area contributed by atoms with Gasteiger partial charge in [-0.1, -0.05) is 91.0 Å². The van der Waals surface area contributed by atoms with E-state index in [4.69, 9.17) is 4.98 Å². The third-order valence-corrected chi connectivity index (χ3v) is 7.75. The molecule has 0 aliphatic heterocycles. The van der Waals surface area contributed by atoms with Gasteiger partial charge in [0.1, 0.15) is 0 Å². The van der Waals surface area contributed by atoms with E-state index in [-0.39, 0.29) is 0 Å². The Labute approximate surface area is 210 Å². The molecule has 168 valence electrons. The minimum Gasteiger partial charge on any atom is -0.256 e. The predicted octanol–water partition coefficient (Wildman–Crippen LogP) is 9.58. The molecule has 0 spiro atoms. The van der Waals surface area contributed by atoms with E-state index in [1.54, 1.807) is 0 Å². The van der Waals surface area contributed by atoms with Gasteiger partial charge in [-0.15, -0.1) is 11.3 Å². The lowest BCUT2D eigenvalue weighted by Crippen LogP contribution is -1.87. The van der Waals surface area contributed by atoms with Gasteiger partial charge in [0.05, 0.1) is 5.69 Å². The van der Waals surface area contributed by atoms with E-state index in [1.165, 1.54) is 53.9 Å². The van der Waals surface area contributed by atoms with Gasteiger partial charge < -0.3 is 0 Å². The summed E-state index contributed by atoms with van der Waals surface area (Å²) >= 11 is 1.83. The molecule has 0 radical (unpaired) electrons. The molecule has 0 aliphatic carbocycles. The van der Waals surface area contributed by atoms with Crippen LogP contribution in [0.2, 0.25) is 0 Å². The van der Waals surface area contributed by atoms with Gasteiger partial charge in [0.2, 0.25) is 0 Å². The zero-order valence-corrected chi connectivity index (χ0v) is 20.6. The molecule has 0 aliphatic rings. The van der Waals surface area contributed by atoms with Crippen molar-refractivity contribution in [3.8, 4) is 44.0 Å². The van der Waals surface area contributed by atoms with E-state index < -0.39 is 0 Å². The monoisotopic (exact) mass is 467 g/mol. The van der Waals surface area contributed by atoms with Gasteiger partial charge in [-0.3, -0.25) is 4.98 Å². The molecule has 0 N–H and O–H groups in total. The van der Waals surface area contributed by atoms with Crippen LogP contribution in [0.1, 0.15) is 11.1 Å². The lowest BCUT2D eigenvalue weighted by atomic mass is 9.95. The minimum absolute atomic E-state index is 1.01. The van der Waals surface area contributed by atoms with Crippen molar-refractivity contribution < 1.29 is 0 Å². The van der Waals surface area contributed by atoms with Crippen LogP contribution in [-0.4, -0.2) is 4.98 Å². The van der Waals surface area contributed by atoms with Gasteiger partial charge in [-0.05, 0) is 71.0 Å². The summed E-state index contributed by atoms with van der Waals surface area (Å²) in [7, 11) is 0. The number of nitrogens with zero attached hydrogens (tertiary/aromatic N) is 1. The molecule has 0 saturated heterocycles. The van der Waals surface area contributed by atoms with Gasteiger partial charge in [0.25, 0.3) is 0 Å². The average molecular weight is 468 g/mol.